The van der Waals surface area contributed by atoms with E-state index in [9.17, 15) is 27.7 Å². The second-order valence-corrected chi connectivity index (χ2v) is 9.84. The summed E-state index contributed by atoms with van der Waals surface area (Å²) in [4.78, 5) is 28.7. The van der Waals surface area contributed by atoms with Crippen LogP contribution in [0.4, 0.5) is 9.52 Å². The topological polar surface area (TPSA) is 148 Å². The highest BCUT2D eigenvalue weighted by Crippen LogP contribution is 2.30. The van der Waals surface area contributed by atoms with Gasteiger partial charge < -0.3 is 9.47 Å². The van der Waals surface area contributed by atoms with Crippen LogP contribution in [0.5, 0.6) is 11.5 Å². The number of anilines is 1. The molecule has 0 radical (unpaired) electrons. The molecule has 0 aliphatic carbocycles. The molecule has 1 N–H and O–H groups in total. The Kier molecular flexibility index (Phi) is 8.46. The van der Waals surface area contributed by atoms with Gasteiger partial charge in [0, 0.05) is 11.5 Å². The number of hydrogen-bond donors (Lipinski definition) is 1. The van der Waals surface area contributed by atoms with Crippen molar-refractivity contribution in [3.63, 3.8) is 0 Å². The predicted molar refractivity (Wildman–Crippen MR) is 129 cm³/mol. The molecular formula is C23H19FN4O6S2. The minimum Gasteiger partial charge on any atom is -0.490 e. The van der Waals surface area contributed by atoms with Gasteiger partial charge in [0.1, 0.15) is 17.5 Å². The van der Waals surface area contributed by atoms with E-state index >= 15 is 0 Å². The first-order valence-corrected chi connectivity index (χ1v) is 12.8. The van der Waals surface area contributed by atoms with Crippen molar-refractivity contribution in [3.8, 4) is 17.6 Å². The van der Waals surface area contributed by atoms with Crippen LogP contribution in [-0.4, -0.2) is 42.0 Å². The molecule has 0 saturated heterocycles. The number of nitrogens with zero attached hydrogens (tertiary/aromatic N) is 3. The van der Waals surface area contributed by atoms with Gasteiger partial charge >= 0.3 is 5.97 Å². The third-order valence-corrected chi connectivity index (χ3v) is 6.77. The lowest BCUT2D eigenvalue weighted by Gasteiger charge is -2.12. The summed E-state index contributed by atoms with van der Waals surface area (Å²) in [5.41, 5.74) is -0.204. The Bertz CT molecular complexity index is 1480. The summed E-state index contributed by atoms with van der Waals surface area (Å²) < 4.78 is 52.1. The Labute approximate surface area is 210 Å². The summed E-state index contributed by atoms with van der Waals surface area (Å²) >= 11 is 0.666. The SMILES string of the molecule is CCOc1cc(C=C(C#N)C(=O)Nc2nc(S(=O)(=O)CC)ns2)ccc1OC(=O)c1ccccc1F. The minimum atomic E-state index is -3.64. The molecular weight excluding hydrogens is 511 g/mol. The molecule has 10 nitrogen and oxygen atoms in total. The lowest BCUT2D eigenvalue weighted by molar-refractivity contribution is -0.112. The number of hydrogen-bond acceptors (Lipinski definition) is 10. The van der Waals surface area contributed by atoms with Crippen LogP contribution < -0.4 is 14.8 Å². The maximum Gasteiger partial charge on any atom is 0.346 e. The van der Waals surface area contributed by atoms with E-state index < -0.39 is 32.7 Å². The third kappa shape index (κ3) is 6.29. The summed E-state index contributed by atoms with van der Waals surface area (Å²) in [6.45, 7) is 3.35. The van der Waals surface area contributed by atoms with Gasteiger partial charge in [-0.3, -0.25) is 10.1 Å². The van der Waals surface area contributed by atoms with Crippen molar-refractivity contribution >= 4 is 44.5 Å². The Hall–Kier alpha value is -4.15. The van der Waals surface area contributed by atoms with E-state index in [0.29, 0.717) is 17.1 Å². The van der Waals surface area contributed by atoms with Gasteiger partial charge in [0.05, 0.1) is 17.9 Å². The Balaban J connectivity index is 1.82. The molecule has 1 heterocycles. The van der Waals surface area contributed by atoms with Gasteiger partial charge in [-0.05, 0) is 42.8 Å². The number of nitriles is 1. The molecule has 3 rings (SSSR count). The van der Waals surface area contributed by atoms with Crippen LogP contribution >= 0.6 is 11.5 Å². The van der Waals surface area contributed by atoms with E-state index in [1.165, 1.54) is 49.4 Å². The molecule has 0 bridgehead atoms. The predicted octanol–water partition coefficient (Wildman–Crippen LogP) is 3.63. The van der Waals surface area contributed by atoms with E-state index in [-0.39, 0.29) is 40.1 Å². The number of rotatable bonds is 9. The number of halogens is 1. The Morgan fingerprint density at radius 2 is 1.94 bits per heavy atom. The molecule has 0 aliphatic heterocycles. The van der Waals surface area contributed by atoms with Crippen LogP contribution in [-0.2, 0) is 14.6 Å². The number of ether oxygens (including phenoxy) is 2. The van der Waals surface area contributed by atoms with Crippen molar-refractivity contribution in [2.24, 2.45) is 0 Å². The van der Waals surface area contributed by atoms with E-state index in [1.54, 1.807) is 13.0 Å². The number of benzene rings is 2. The molecule has 13 heteroatoms. The lowest BCUT2D eigenvalue weighted by atomic mass is 10.1. The highest BCUT2D eigenvalue weighted by molar-refractivity contribution is 7.91. The number of carbonyl (C=O) groups excluding carboxylic acids is 2. The molecule has 0 fully saturated rings. The molecule has 186 valence electrons. The second-order valence-electron chi connectivity index (χ2n) is 6.92. The van der Waals surface area contributed by atoms with Gasteiger partial charge in [0.15, 0.2) is 11.5 Å². The van der Waals surface area contributed by atoms with Crippen LogP contribution in [0.2, 0.25) is 0 Å². The summed E-state index contributed by atoms with van der Waals surface area (Å²) in [5, 5.41) is 11.3. The zero-order valence-electron chi connectivity index (χ0n) is 19.0. The number of aromatic nitrogens is 2. The van der Waals surface area contributed by atoms with Gasteiger partial charge in [-0.15, -0.1) is 0 Å². The molecule has 2 aromatic carbocycles. The Morgan fingerprint density at radius 3 is 2.61 bits per heavy atom. The zero-order valence-corrected chi connectivity index (χ0v) is 20.7. The van der Waals surface area contributed by atoms with Crippen LogP contribution in [0.25, 0.3) is 6.08 Å². The number of sulfone groups is 1. The first-order chi connectivity index (χ1) is 17.2. The average Bonchev–Trinajstić information content (AvgIpc) is 3.33. The number of carbonyl (C=O) groups is 2. The van der Waals surface area contributed by atoms with Crippen molar-refractivity contribution in [3.05, 3.63) is 65.0 Å². The minimum absolute atomic E-state index is 0.0173. The molecule has 0 atom stereocenters. The zero-order chi connectivity index (χ0) is 26.3. The number of amides is 1. The summed E-state index contributed by atoms with van der Waals surface area (Å²) in [5.74, 6) is -2.54. The molecule has 36 heavy (non-hydrogen) atoms. The first kappa shape index (κ1) is 26.5. The van der Waals surface area contributed by atoms with Crippen molar-refractivity contribution < 1.29 is 31.9 Å². The number of nitrogens with one attached hydrogen (secondary N) is 1. The largest absolute Gasteiger partial charge is 0.490 e. The molecule has 1 aromatic heterocycles. The van der Waals surface area contributed by atoms with Crippen molar-refractivity contribution in [2.45, 2.75) is 19.0 Å². The second kappa shape index (κ2) is 11.5. The molecule has 1 amide bonds. The van der Waals surface area contributed by atoms with Crippen LogP contribution in [0.3, 0.4) is 0 Å². The molecule has 0 unspecified atom stereocenters. The van der Waals surface area contributed by atoms with E-state index in [2.05, 4.69) is 14.7 Å². The van der Waals surface area contributed by atoms with Crippen molar-refractivity contribution in [1.29, 1.82) is 5.26 Å². The monoisotopic (exact) mass is 530 g/mol. The maximum atomic E-state index is 13.9. The normalized spacial score (nSPS) is 11.4. The van der Waals surface area contributed by atoms with Crippen LogP contribution in [0.1, 0.15) is 29.8 Å². The fraction of sp³-hybridized carbons (Fsp3) is 0.174. The van der Waals surface area contributed by atoms with Crippen molar-refractivity contribution in [2.75, 3.05) is 17.7 Å². The van der Waals surface area contributed by atoms with Gasteiger partial charge in [0.25, 0.3) is 11.1 Å². The summed E-state index contributed by atoms with van der Waals surface area (Å²) in [6.07, 6.45) is 1.26. The van der Waals surface area contributed by atoms with Crippen LogP contribution in [0.15, 0.2) is 53.2 Å². The van der Waals surface area contributed by atoms with E-state index in [4.69, 9.17) is 9.47 Å². The van der Waals surface area contributed by atoms with Gasteiger partial charge in [-0.2, -0.15) is 14.6 Å². The fourth-order valence-electron chi connectivity index (χ4n) is 2.74. The first-order valence-electron chi connectivity index (χ1n) is 10.4. The average molecular weight is 531 g/mol. The molecule has 0 spiro atoms. The van der Waals surface area contributed by atoms with Crippen LogP contribution in [0, 0.1) is 17.1 Å². The maximum absolute atomic E-state index is 13.9. The quantitative estimate of drug-likeness (QED) is 0.189. The number of esters is 1. The molecule has 0 saturated carbocycles. The molecule has 3 aromatic rings. The summed E-state index contributed by atoms with van der Waals surface area (Å²) in [6, 6.07) is 11.4. The molecule has 0 aliphatic rings. The fourth-order valence-corrected chi connectivity index (χ4v) is 4.33. The van der Waals surface area contributed by atoms with Gasteiger partial charge in [-0.1, -0.05) is 25.1 Å². The highest BCUT2D eigenvalue weighted by Gasteiger charge is 2.20. The van der Waals surface area contributed by atoms with Gasteiger partial charge in [0.2, 0.25) is 15.0 Å². The lowest BCUT2D eigenvalue weighted by Crippen LogP contribution is -2.14. The smallest absolute Gasteiger partial charge is 0.346 e. The third-order valence-electron chi connectivity index (χ3n) is 4.53. The van der Waals surface area contributed by atoms with E-state index in [0.717, 1.165) is 6.07 Å². The van der Waals surface area contributed by atoms with Gasteiger partial charge in [-0.25, -0.2) is 17.6 Å². The van der Waals surface area contributed by atoms with Crippen molar-refractivity contribution in [1.82, 2.24) is 9.36 Å². The van der Waals surface area contributed by atoms with E-state index in [1.807, 2.05) is 0 Å². The highest BCUT2D eigenvalue weighted by atomic mass is 32.2. The Morgan fingerprint density at radius 1 is 1.19 bits per heavy atom. The standard InChI is InChI=1S/C23H19FN4O6S2/c1-3-33-19-12-14(9-10-18(19)34-21(30)16-7-5-6-8-17(16)24)11-15(13-25)20(29)26-22-27-23(28-35-22)36(31,32)4-2/h5-12H,3-4H2,1-2H3,(H,26,27,28,29). The summed E-state index contributed by atoms with van der Waals surface area (Å²) in [7, 11) is -3.64.